The highest BCUT2D eigenvalue weighted by molar-refractivity contribution is 7.91. The summed E-state index contributed by atoms with van der Waals surface area (Å²) in [5.41, 5.74) is 4.66. The minimum absolute atomic E-state index is 0.0115. The second-order valence-electron chi connectivity index (χ2n) is 3.94. The highest BCUT2D eigenvalue weighted by atomic mass is 32.2. The molecule has 2 aliphatic rings. The van der Waals surface area contributed by atoms with E-state index < -0.39 is 21.4 Å². The average molecular weight is 241 g/mol. The fourth-order valence-electron chi connectivity index (χ4n) is 2.15. The number of terminal acetylenes is 1. The molecule has 86 valence electrons. The number of sulfone groups is 1. The number of urea groups is 1. The quantitative estimate of drug-likeness (QED) is 0.594. The maximum absolute atomic E-state index is 11.5. The van der Waals surface area contributed by atoms with E-state index in [2.05, 4.69) is 10.9 Å². The van der Waals surface area contributed by atoms with Crippen molar-refractivity contribution in [3.8, 4) is 12.3 Å². The standard InChI is InChI=1S/C9H11N3O3S/c1-2-4-12-8(13)11-7(10)9(12)3-5-16(14,15)6-9/h1H,3-6H2,(H2,10,11,13). The van der Waals surface area contributed by atoms with Crippen LogP contribution in [0.2, 0.25) is 0 Å². The zero-order chi connectivity index (χ0) is 12.0. The predicted molar refractivity (Wildman–Crippen MR) is 58.6 cm³/mol. The molecule has 1 saturated heterocycles. The molecule has 0 aromatic carbocycles. The number of rotatable bonds is 1. The molecule has 0 bridgehead atoms. The third-order valence-electron chi connectivity index (χ3n) is 2.98. The summed E-state index contributed by atoms with van der Waals surface area (Å²) in [4.78, 5) is 16.4. The Hall–Kier alpha value is -1.55. The van der Waals surface area contributed by atoms with E-state index in [1.54, 1.807) is 0 Å². The lowest BCUT2D eigenvalue weighted by atomic mass is 9.96. The van der Waals surface area contributed by atoms with Crippen LogP contribution in [0.5, 0.6) is 0 Å². The van der Waals surface area contributed by atoms with Crippen molar-refractivity contribution in [2.75, 3.05) is 18.1 Å². The highest BCUT2D eigenvalue weighted by Crippen LogP contribution is 2.34. The topological polar surface area (TPSA) is 92.8 Å². The molecule has 0 aliphatic carbocycles. The van der Waals surface area contributed by atoms with E-state index >= 15 is 0 Å². The van der Waals surface area contributed by atoms with Crippen molar-refractivity contribution in [1.82, 2.24) is 4.90 Å². The van der Waals surface area contributed by atoms with Crippen molar-refractivity contribution in [1.29, 1.82) is 0 Å². The molecule has 16 heavy (non-hydrogen) atoms. The number of amidine groups is 1. The van der Waals surface area contributed by atoms with Gasteiger partial charge in [0.05, 0.1) is 18.1 Å². The molecular formula is C9H11N3O3S. The van der Waals surface area contributed by atoms with Gasteiger partial charge in [0, 0.05) is 0 Å². The summed E-state index contributed by atoms with van der Waals surface area (Å²) in [7, 11) is -3.17. The Balaban J connectivity index is 2.43. The third-order valence-corrected chi connectivity index (χ3v) is 4.72. The SMILES string of the molecule is C#CCN1C(=O)N=C(N)C12CCS(=O)(=O)C2. The van der Waals surface area contributed by atoms with Crippen LogP contribution in [-0.2, 0) is 9.84 Å². The lowest BCUT2D eigenvalue weighted by Gasteiger charge is -2.31. The van der Waals surface area contributed by atoms with Gasteiger partial charge in [-0.1, -0.05) is 5.92 Å². The summed E-state index contributed by atoms with van der Waals surface area (Å²) in [6, 6.07) is -0.549. The van der Waals surface area contributed by atoms with Gasteiger partial charge in [-0.25, -0.2) is 13.2 Å². The van der Waals surface area contributed by atoms with E-state index in [4.69, 9.17) is 12.2 Å². The van der Waals surface area contributed by atoms with Crippen LogP contribution in [0.15, 0.2) is 4.99 Å². The van der Waals surface area contributed by atoms with Gasteiger partial charge in [-0.3, -0.25) is 4.90 Å². The number of aliphatic imine (C=N–C) groups is 1. The van der Waals surface area contributed by atoms with Crippen LogP contribution in [0.1, 0.15) is 6.42 Å². The van der Waals surface area contributed by atoms with Crippen LogP contribution in [-0.4, -0.2) is 48.8 Å². The minimum Gasteiger partial charge on any atom is -0.385 e. The predicted octanol–water partition coefficient (Wildman–Crippen LogP) is -1.03. The van der Waals surface area contributed by atoms with Gasteiger partial charge in [0.15, 0.2) is 9.84 Å². The second kappa shape index (κ2) is 3.22. The number of nitrogens with zero attached hydrogens (tertiary/aromatic N) is 2. The fraction of sp³-hybridized carbons (Fsp3) is 0.556. The fourth-order valence-corrected chi connectivity index (χ4v) is 4.12. The van der Waals surface area contributed by atoms with E-state index in [-0.39, 0.29) is 30.3 Å². The summed E-state index contributed by atoms with van der Waals surface area (Å²) in [5, 5.41) is 0. The number of carbonyl (C=O) groups is 1. The summed E-state index contributed by atoms with van der Waals surface area (Å²) in [6.07, 6.45) is 5.43. The van der Waals surface area contributed by atoms with Crippen LogP contribution < -0.4 is 5.73 Å². The minimum atomic E-state index is -3.17. The van der Waals surface area contributed by atoms with E-state index in [0.29, 0.717) is 0 Å². The molecule has 2 amide bonds. The molecule has 2 heterocycles. The van der Waals surface area contributed by atoms with E-state index in [0.717, 1.165) is 0 Å². The molecule has 1 fully saturated rings. The summed E-state index contributed by atoms with van der Waals surface area (Å²) < 4.78 is 23.0. The molecule has 0 aromatic rings. The van der Waals surface area contributed by atoms with Gasteiger partial charge >= 0.3 is 6.03 Å². The van der Waals surface area contributed by atoms with Crippen molar-refractivity contribution in [3.63, 3.8) is 0 Å². The van der Waals surface area contributed by atoms with Crippen LogP contribution in [0, 0.1) is 12.3 Å². The molecule has 1 atom stereocenters. The Kier molecular flexibility index (Phi) is 2.20. The average Bonchev–Trinajstić information content (AvgIpc) is 2.61. The molecule has 2 aliphatic heterocycles. The number of nitrogens with two attached hydrogens (primary N) is 1. The van der Waals surface area contributed by atoms with Crippen LogP contribution in [0.3, 0.4) is 0 Å². The second-order valence-corrected chi connectivity index (χ2v) is 6.13. The zero-order valence-electron chi connectivity index (χ0n) is 8.51. The van der Waals surface area contributed by atoms with Gasteiger partial charge < -0.3 is 5.73 Å². The Morgan fingerprint density at radius 1 is 1.62 bits per heavy atom. The van der Waals surface area contributed by atoms with Gasteiger partial charge in [0.25, 0.3) is 0 Å². The molecular weight excluding hydrogens is 230 g/mol. The normalized spacial score (nSPS) is 31.8. The molecule has 2 rings (SSSR count). The molecule has 2 N–H and O–H groups in total. The number of carbonyl (C=O) groups excluding carboxylic acids is 1. The van der Waals surface area contributed by atoms with E-state index in [9.17, 15) is 13.2 Å². The Bertz CT molecular complexity index is 517. The first kappa shape index (κ1) is 11.0. The summed E-state index contributed by atoms with van der Waals surface area (Å²) in [6.45, 7) is 0.0263. The maximum Gasteiger partial charge on any atom is 0.346 e. The van der Waals surface area contributed by atoms with Crippen molar-refractivity contribution in [3.05, 3.63) is 0 Å². The number of hydrogen-bond donors (Lipinski definition) is 1. The van der Waals surface area contributed by atoms with Crippen molar-refractivity contribution in [2.24, 2.45) is 10.7 Å². The van der Waals surface area contributed by atoms with Gasteiger partial charge in [-0.2, -0.15) is 4.99 Å². The van der Waals surface area contributed by atoms with Crippen LogP contribution in [0.4, 0.5) is 4.79 Å². The number of amides is 2. The van der Waals surface area contributed by atoms with Crippen molar-refractivity contribution < 1.29 is 13.2 Å². The van der Waals surface area contributed by atoms with E-state index in [1.165, 1.54) is 4.90 Å². The van der Waals surface area contributed by atoms with Gasteiger partial charge in [-0.15, -0.1) is 6.42 Å². The molecule has 6 nitrogen and oxygen atoms in total. The largest absolute Gasteiger partial charge is 0.385 e. The van der Waals surface area contributed by atoms with Gasteiger partial charge in [-0.05, 0) is 6.42 Å². The van der Waals surface area contributed by atoms with E-state index in [1.807, 2.05) is 0 Å². The Morgan fingerprint density at radius 2 is 2.31 bits per heavy atom. The van der Waals surface area contributed by atoms with Crippen molar-refractivity contribution >= 4 is 21.7 Å². The molecule has 0 radical (unpaired) electrons. The van der Waals surface area contributed by atoms with Gasteiger partial charge in [0.2, 0.25) is 0 Å². The summed E-state index contributed by atoms with van der Waals surface area (Å²) in [5.74, 6) is 2.22. The van der Waals surface area contributed by atoms with Gasteiger partial charge in [0.1, 0.15) is 11.4 Å². The number of hydrogen-bond acceptors (Lipinski definition) is 4. The lowest BCUT2D eigenvalue weighted by molar-refractivity contribution is 0.191. The van der Waals surface area contributed by atoms with Crippen LogP contribution in [0.25, 0.3) is 0 Å². The highest BCUT2D eigenvalue weighted by Gasteiger charge is 2.54. The first-order valence-electron chi connectivity index (χ1n) is 4.71. The van der Waals surface area contributed by atoms with Crippen molar-refractivity contribution in [2.45, 2.75) is 12.0 Å². The zero-order valence-corrected chi connectivity index (χ0v) is 9.33. The summed E-state index contributed by atoms with van der Waals surface area (Å²) >= 11 is 0. The van der Waals surface area contributed by atoms with Crippen LogP contribution >= 0.6 is 0 Å². The molecule has 0 aromatic heterocycles. The third kappa shape index (κ3) is 1.38. The Labute approximate surface area is 93.4 Å². The Morgan fingerprint density at radius 3 is 2.81 bits per heavy atom. The monoisotopic (exact) mass is 241 g/mol. The maximum atomic E-state index is 11.5. The first-order chi connectivity index (χ1) is 7.41. The molecule has 1 spiro atoms. The molecule has 0 saturated carbocycles. The first-order valence-corrected chi connectivity index (χ1v) is 6.53. The molecule has 7 heteroatoms. The molecule has 1 unspecified atom stereocenters. The smallest absolute Gasteiger partial charge is 0.346 e. The lowest BCUT2D eigenvalue weighted by Crippen LogP contribution is -2.55.